The maximum absolute atomic E-state index is 12.5. The van der Waals surface area contributed by atoms with Gasteiger partial charge in [-0.25, -0.2) is 8.42 Å². The predicted molar refractivity (Wildman–Crippen MR) is 86.1 cm³/mol. The smallest absolute Gasteiger partial charge is 0.261 e. The minimum absolute atomic E-state index is 0.174. The van der Waals surface area contributed by atoms with Crippen molar-refractivity contribution < 1.29 is 8.42 Å². The summed E-state index contributed by atoms with van der Waals surface area (Å²) in [6, 6.07) is 10.1. The highest BCUT2D eigenvalue weighted by atomic mass is 35.5. The molecule has 2 rings (SSSR count). The Morgan fingerprint density at radius 2 is 1.86 bits per heavy atom. The third-order valence-electron chi connectivity index (χ3n) is 3.31. The number of benzene rings is 2. The topological polar surface area (TPSA) is 72.2 Å². The van der Waals surface area contributed by atoms with Gasteiger partial charge in [0.2, 0.25) is 0 Å². The van der Waals surface area contributed by atoms with Crippen LogP contribution in [0.4, 0.5) is 5.69 Å². The molecule has 0 aliphatic heterocycles. The lowest BCUT2D eigenvalue weighted by Crippen LogP contribution is -2.15. The van der Waals surface area contributed by atoms with E-state index >= 15 is 0 Å². The summed E-state index contributed by atoms with van der Waals surface area (Å²) in [4.78, 5) is 0.174. The molecular weight excluding hydrogens is 308 g/mol. The molecule has 2 aromatic carbocycles. The minimum atomic E-state index is -3.70. The van der Waals surface area contributed by atoms with E-state index in [1.54, 1.807) is 43.3 Å². The molecule has 0 aromatic heterocycles. The molecule has 0 bridgehead atoms. The Hall–Kier alpha value is -1.56. The van der Waals surface area contributed by atoms with E-state index in [1.165, 1.54) is 0 Å². The lowest BCUT2D eigenvalue weighted by atomic mass is 10.1. The monoisotopic (exact) mass is 324 g/mol. The summed E-state index contributed by atoms with van der Waals surface area (Å²) in [6.45, 7) is 3.98. The Labute approximate surface area is 130 Å². The predicted octanol–water partition coefficient (Wildman–Crippen LogP) is 3.22. The molecule has 0 aliphatic carbocycles. The number of sulfonamides is 1. The van der Waals surface area contributed by atoms with Crippen LogP contribution < -0.4 is 10.5 Å². The fourth-order valence-corrected chi connectivity index (χ4v) is 3.52. The molecule has 0 heterocycles. The molecule has 0 saturated heterocycles. The number of nitrogens with two attached hydrogens (primary N) is 1. The van der Waals surface area contributed by atoms with Gasteiger partial charge in [-0.15, -0.1) is 0 Å². The Bertz CT molecular complexity index is 753. The van der Waals surface area contributed by atoms with Gasteiger partial charge >= 0.3 is 0 Å². The molecule has 0 radical (unpaired) electrons. The van der Waals surface area contributed by atoms with Gasteiger partial charge in [0.25, 0.3) is 10.0 Å². The fourth-order valence-electron chi connectivity index (χ4n) is 1.99. The molecule has 0 atom stereocenters. The summed E-state index contributed by atoms with van der Waals surface area (Å²) in [5, 5.41) is 0.365. The second kappa shape index (κ2) is 6.05. The van der Waals surface area contributed by atoms with Crippen LogP contribution in [0.3, 0.4) is 0 Å². The highest BCUT2D eigenvalue weighted by molar-refractivity contribution is 7.92. The number of nitrogens with one attached hydrogen (secondary N) is 1. The second-order valence-corrected chi connectivity index (χ2v) is 6.92. The van der Waals surface area contributed by atoms with E-state index in [9.17, 15) is 8.42 Å². The van der Waals surface area contributed by atoms with Crippen molar-refractivity contribution in [1.82, 2.24) is 0 Å². The van der Waals surface area contributed by atoms with Crippen LogP contribution in [-0.2, 0) is 16.6 Å². The van der Waals surface area contributed by atoms with Gasteiger partial charge in [0.1, 0.15) is 0 Å². The Balaban J connectivity index is 2.44. The quantitative estimate of drug-likeness (QED) is 0.907. The molecule has 6 heteroatoms. The zero-order valence-electron chi connectivity index (χ0n) is 11.9. The molecule has 0 spiro atoms. The molecule has 4 nitrogen and oxygen atoms in total. The van der Waals surface area contributed by atoms with E-state index in [0.717, 1.165) is 16.7 Å². The lowest BCUT2D eigenvalue weighted by Gasteiger charge is -2.13. The second-order valence-electron chi connectivity index (χ2n) is 4.83. The van der Waals surface area contributed by atoms with E-state index in [0.29, 0.717) is 17.3 Å². The summed E-state index contributed by atoms with van der Waals surface area (Å²) in [5.74, 6) is 0. The molecule has 2 aromatic rings. The molecule has 112 valence electrons. The van der Waals surface area contributed by atoms with E-state index in [-0.39, 0.29) is 4.90 Å². The fraction of sp³-hybridized carbons (Fsp3) is 0.200. The number of para-hydroxylation sites is 1. The summed E-state index contributed by atoms with van der Waals surface area (Å²) < 4.78 is 27.5. The zero-order chi connectivity index (χ0) is 15.6. The van der Waals surface area contributed by atoms with Crippen molar-refractivity contribution in [2.75, 3.05) is 4.72 Å². The van der Waals surface area contributed by atoms with Crippen molar-refractivity contribution >= 4 is 27.3 Å². The SMILES string of the molecule is Cc1ccc(S(=O)(=O)Nc2c(C)cccc2Cl)cc1CN. The normalized spacial score (nSPS) is 11.4. The first-order chi connectivity index (χ1) is 9.85. The van der Waals surface area contributed by atoms with Crippen molar-refractivity contribution in [2.45, 2.75) is 25.3 Å². The number of hydrogen-bond acceptors (Lipinski definition) is 3. The van der Waals surface area contributed by atoms with Crippen LogP contribution >= 0.6 is 11.6 Å². The Kier molecular flexibility index (Phi) is 4.56. The number of rotatable bonds is 4. The lowest BCUT2D eigenvalue weighted by molar-refractivity contribution is 0.601. The summed E-state index contributed by atoms with van der Waals surface area (Å²) in [5.41, 5.74) is 8.55. The van der Waals surface area contributed by atoms with Crippen molar-refractivity contribution in [3.05, 3.63) is 58.1 Å². The average Bonchev–Trinajstić information content (AvgIpc) is 2.43. The van der Waals surface area contributed by atoms with Gasteiger partial charge in [-0.1, -0.05) is 29.8 Å². The van der Waals surface area contributed by atoms with Crippen molar-refractivity contribution in [1.29, 1.82) is 0 Å². The number of hydrogen-bond donors (Lipinski definition) is 2. The first-order valence-electron chi connectivity index (χ1n) is 6.42. The van der Waals surface area contributed by atoms with Gasteiger partial charge in [0.05, 0.1) is 15.6 Å². The summed E-state index contributed by atoms with van der Waals surface area (Å²) >= 11 is 6.06. The summed E-state index contributed by atoms with van der Waals surface area (Å²) in [6.07, 6.45) is 0. The van der Waals surface area contributed by atoms with Gasteiger partial charge in [0.15, 0.2) is 0 Å². The molecular formula is C15H17ClN2O2S. The zero-order valence-corrected chi connectivity index (χ0v) is 13.4. The van der Waals surface area contributed by atoms with Crippen LogP contribution in [0.2, 0.25) is 5.02 Å². The number of anilines is 1. The minimum Gasteiger partial charge on any atom is -0.326 e. The maximum atomic E-state index is 12.5. The number of aryl methyl sites for hydroxylation is 2. The van der Waals surface area contributed by atoms with Crippen LogP contribution in [0.5, 0.6) is 0 Å². The molecule has 0 amide bonds. The first-order valence-corrected chi connectivity index (χ1v) is 8.29. The van der Waals surface area contributed by atoms with Crippen molar-refractivity contribution in [2.24, 2.45) is 5.73 Å². The number of halogens is 1. The van der Waals surface area contributed by atoms with E-state index in [2.05, 4.69) is 4.72 Å². The van der Waals surface area contributed by atoms with E-state index in [4.69, 9.17) is 17.3 Å². The third kappa shape index (κ3) is 3.37. The van der Waals surface area contributed by atoms with Gasteiger partial charge < -0.3 is 5.73 Å². The molecule has 3 N–H and O–H groups in total. The van der Waals surface area contributed by atoms with Crippen molar-refractivity contribution in [3.8, 4) is 0 Å². The standard InChI is InChI=1S/C15H17ClN2O2S/c1-10-6-7-13(8-12(10)9-17)21(19,20)18-15-11(2)4-3-5-14(15)16/h3-8,18H,9,17H2,1-2H3. The Morgan fingerprint density at radius 1 is 1.14 bits per heavy atom. The van der Waals surface area contributed by atoms with Gasteiger partial charge in [0, 0.05) is 6.54 Å². The highest BCUT2D eigenvalue weighted by Crippen LogP contribution is 2.28. The third-order valence-corrected chi connectivity index (χ3v) is 4.97. The summed E-state index contributed by atoms with van der Waals surface area (Å²) in [7, 11) is -3.70. The van der Waals surface area contributed by atoms with Gasteiger partial charge in [-0.3, -0.25) is 4.72 Å². The van der Waals surface area contributed by atoms with Crippen LogP contribution in [0.1, 0.15) is 16.7 Å². The van der Waals surface area contributed by atoms with Gasteiger partial charge in [-0.05, 0) is 48.7 Å². The molecule has 0 unspecified atom stereocenters. The Morgan fingerprint density at radius 3 is 2.48 bits per heavy atom. The van der Waals surface area contributed by atoms with Gasteiger partial charge in [-0.2, -0.15) is 0 Å². The van der Waals surface area contributed by atoms with Crippen LogP contribution in [0, 0.1) is 13.8 Å². The largest absolute Gasteiger partial charge is 0.326 e. The van der Waals surface area contributed by atoms with E-state index < -0.39 is 10.0 Å². The molecule has 21 heavy (non-hydrogen) atoms. The molecule has 0 saturated carbocycles. The van der Waals surface area contributed by atoms with Crippen LogP contribution in [-0.4, -0.2) is 8.42 Å². The van der Waals surface area contributed by atoms with Crippen LogP contribution in [0.15, 0.2) is 41.3 Å². The maximum Gasteiger partial charge on any atom is 0.261 e. The first kappa shape index (κ1) is 15.8. The van der Waals surface area contributed by atoms with E-state index in [1.807, 2.05) is 6.92 Å². The van der Waals surface area contributed by atoms with Crippen molar-refractivity contribution in [3.63, 3.8) is 0 Å². The average molecular weight is 325 g/mol. The van der Waals surface area contributed by atoms with Crippen LogP contribution in [0.25, 0.3) is 0 Å². The molecule has 0 fully saturated rings. The molecule has 0 aliphatic rings. The highest BCUT2D eigenvalue weighted by Gasteiger charge is 2.17.